The molecule has 0 bridgehead atoms. The second-order valence-corrected chi connectivity index (χ2v) is 12.5. The second kappa shape index (κ2) is 11.0. The Labute approximate surface area is 282 Å². The van der Waals surface area contributed by atoms with E-state index in [-0.39, 0.29) is 0 Å². The van der Waals surface area contributed by atoms with Crippen LogP contribution in [0.2, 0.25) is 0 Å². The van der Waals surface area contributed by atoms with E-state index in [4.69, 9.17) is 14.4 Å². The molecule has 3 heteroatoms. The molecule has 10 rings (SSSR count). The van der Waals surface area contributed by atoms with Crippen molar-refractivity contribution in [3.8, 4) is 44.9 Å². The largest absolute Gasteiger partial charge is 0.452 e. The van der Waals surface area contributed by atoms with Gasteiger partial charge in [-0.15, -0.1) is 0 Å². The Bertz CT molecular complexity index is 2840. The summed E-state index contributed by atoms with van der Waals surface area (Å²) in [5, 5.41) is 8.59. The number of furan rings is 1. The van der Waals surface area contributed by atoms with Crippen molar-refractivity contribution in [3.05, 3.63) is 170 Å². The maximum Gasteiger partial charge on any atom is 0.180 e. The number of aromatic nitrogens is 2. The Morgan fingerprint density at radius 2 is 0.918 bits per heavy atom. The van der Waals surface area contributed by atoms with Crippen molar-refractivity contribution >= 4 is 54.4 Å². The zero-order valence-electron chi connectivity index (χ0n) is 26.5. The first kappa shape index (κ1) is 27.5. The highest BCUT2D eigenvalue weighted by atomic mass is 16.3. The molecule has 0 radical (unpaired) electrons. The Morgan fingerprint density at radius 1 is 0.367 bits per heavy atom. The van der Waals surface area contributed by atoms with Crippen LogP contribution in [-0.4, -0.2) is 9.97 Å². The summed E-state index contributed by atoms with van der Waals surface area (Å²) in [5.74, 6) is 0.663. The Balaban J connectivity index is 1.19. The van der Waals surface area contributed by atoms with E-state index in [0.29, 0.717) is 11.4 Å². The molecule has 228 valence electrons. The van der Waals surface area contributed by atoms with E-state index < -0.39 is 0 Å². The molecule has 0 atom stereocenters. The first-order valence-corrected chi connectivity index (χ1v) is 16.6. The van der Waals surface area contributed by atoms with Crippen molar-refractivity contribution in [3.63, 3.8) is 0 Å². The molecule has 0 aliphatic rings. The molecule has 2 aromatic heterocycles. The van der Waals surface area contributed by atoms with Gasteiger partial charge in [-0.1, -0.05) is 152 Å². The Kier molecular flexibility index (Phi) is 6.18. The number of rotatable bonds is 4. The molecule has 0 N–H and O–H groups in total. The zero-order chi connectivity index (χ0) is 32.3. The van der Waals surface area contributed by atoms with Crippen LogP contribution < -0.4 is 0 Å². The zero-order valence-corrected chi connectivity index (χ0v) is 26.5. The van der Waals surface area contributed by atoms with E-state index >= 15 is 0 Å². The minimum Gasteiger partial charge on any atom is -0.452 e. The van der Waals surface area contributed by atoms with Crippen LogP contribution in [0.4, 0.5) is 0 Å². The molecule has 0 saturated carbocycles. The molecule has 8 aromatic carbocycles. The summed E-state index contributed by atoms with van der Waals surface area (Å²) in [4.78, 5) is 10.5. The van der Waals surface area contributed by atoms with Crippen molar-refractivity contribution in [2.45, 2.75) is 0 Å². The SMILES string of the molecule is c1ccc(-c2nc(-c3cccc(-c4ccc5c6ccccc6c6ccccc6c5c4)c3)nc3c2oc2cccc(-c4ccccc4)c23)cc1. The van der Waals surface area contributed by atoms with Crippen LogP contribution in [-0.2, 0) is 0 Å². The van der Waals surface area contributed by atoms with Crippen molar-refractivity contribution in [2.75, 3.05) is 0 Å². The van der Waals surface area contributed by atoms with Gasteiger partial charge in [0.1, 0.15) is 16.8 Å². The molecular formula is C46H28N2O. The maximum absolute atomic E-state index is 6.57. The van der Waals surface area contributed by atoms with Crippen LogP contribution in [0.25, 0.3) is 99.3 Å². The predicted octanol–water partition coefficient (Wildman–Crippen LogP) is 12.5. The van der Waals surface area contributed by atoms with Gasteiger partial charge in [0.2, 0.25) is 0 Å². The smallest absolute Gasteiger partial charge is 0.180 e. The molecule has 0 aliphatic carbocycles. The summed E-state index contributed by atoms with van der Waals surface area (Å²) in [6.07, 6.45) is 0. The lowest BCUT2D eigenvalue weighted by atomic mass is 9.92. The summed E-state index contributed by atoms with van der Waals surface area (Å²) < 4.78 is 6.57. The highest BCUT2D eigenvalue weighted by Gasteiger charge is 2.21. The molecule has 0 fully saturated rings. The van der Waals surface area contributed by atoms with Gasteiger partial charge >= 0.3 is 0 Å². The van der Waals surface area contributed by atoms with E-state index in [9.17, 15) is 0 Å². The Hall–Kier alpha value is -6.58. The van der Waals surface area contributed by atoms with Crippen LogP contribution >= 0.6 is 0 Å². The van der Waals surface area contributed by atoms with Gasteiger partial charge < -0.3 is 4.42 Å². The average Bonchev–Trinajstić information content (AvgIpc) is 3.57. The topological polar surface area (TPSA) is 38.9 Å². The lowest BCUT2D eigenvalue weighted by Crippen LogP contribution is -1.94. The van der Waals surface area contributed by atoms with Crippen LogP contribution in [0.5, 0.6) is 0 Å². The third-order valence-corrected chi connectivity index (χ3v) is 9.67. The van der Waals surface area contributed by atoms with Gasteiger partial charge in [-0.25, -0.2) is 9.97 Å². The highest BCUT2D eigenvalue weighted by molar-refractivity contribution is 6.25. The van der Waals surface area contributed by atoms with Gasteiger partial charge in [0.25, 0.3) is 0 Å². The lowest BCUT2D eigenvalue weighted by Gasteiger charge is -2.12. The van der Waals surface area contributed by atoms with Gasteiger partial charge in [0.15, 0.2) is 11.4 Å². The fourth-order valence-corrected chi connectivity index (χ4v) is 7.39. The molecule has 0 aliphatic heterocycles. The molecule has 3 nitrogen and oxygen atoms in total. The molecular weight excluding hydrogens is 597 g/mol. The summed E-state index contributed by atoms with van der Waals surface area (Å²) in [7, 11) is 0. The van der Waals surface area contributed by atoms with Crippen LogP contribution in [0.15, 0.2) is 174 Å². The standard InChI is InChI=1S/C46H28N2O/c1-3-13-29(14-4-1)34-23-12-24-41-42(34)44-45(49-41)43(30-15-5-2-6-16-30)47-46(48-44)33-18-11-17-31(27-33)32-25-26-39-37-21-8-7-19-35(37)36-20-9-10-22-38(36)40(39)28-32/h1-28H. The quantitative estimate of drug-likeness (QED) is 0.183. The lowest BCUT2D eigenvalue weighted by molar-refractivity contribution is 0.667. The first-order valence-electron chi connectivity index (χ1n) is 16.6. The van der Waals surface area contributed by atoms with Gasteiger partial charge in [-0.2, -0.15) is 0 Å². The highest BCUT2D eigenvalue weighted by Crippen LogP contribution is 2.41. The number of nitrogens with zero attached hydrogens (tertiary/aromatic N) is 2. The predicted molar refractivity (Wildman–Crippen MR) is 204 cm³/mol. The number of fused-ring (bicyclic) bond motifs is 9. The fraction of sp³-hybridized carbons (Fsp3) is 0. The van der Waals surface area contributed by atoms with E-state index in [1.807, 2.05) is 36.4 Å². The molecule has 0 unspecified atom stereocenters. The minimum absolute atomic E-state index is 0.663. The van der Waals surface area contributed by atoms with E-state index in [1.54, 1.807) is 0 Å². The maximum atomic E-state index is 6.57. The van der Waals surface area contributed by atoms with Crippen molar-refractivity contribution < 1.29 is 4.42 Å². The van der Waals surface area contributed by atoms with E-state index in [0.717, 1.165) is 55.6 Å². The Morgan fingerprint density at radius 3 is 1.63 bits per heavy atom. The summed E-state index contributed by atoms with van der Waals surface area (Å²) >= 11 is 0. The second-order valence-electron chi connectivity index (χ2n) is 12.5. The number of hydrogen-bond donors (Lipinski definition) is 0. The summed E-state index contributed by atoms with van der Waals surface area (Å²) in [6.45, 7) is 0. The van der Waals surface area contributed by atoms with Crippen LogP contribution in [0.1, 0.15) is 0 Å². The molecule has 0 saturated heterocycles. The first-order chi connectivity index (χ1) is 24.3. The van der Waals surface area contributed by atoms with Gasteiger partial charge in [0, 0.05) is 11.1 Å². The van der Waals surface area contributed by atoms with Gasteiger partial charge in [0.05, 0.1) is 5.39 Å². The number of benzene rings is 8. The van der Waals surface area contributed by atoms with E-state index in [2.05, 4.69) is 133 Å². The average molecular weight is 625 g/mol. The molecule has 10 aromatic rings. The molecule has 0 spiro atoms. The fourth-order valence-electron chi connectivity index (χ4n) is 7.39. The van der Waals surface area contributed by atoms with Gasteiger partial charge in [-0.3, -0.25) is 0 Å². The number of hydrogen-bond acceptors (Lipinski definition) is 3. The third-order valence-electron chi connectivity index (χ3n) is 9.67. The molecule has 49 heavy (non-hydrogen) atoms. The molecule has 0 amide bonds. The third kappa shape index (κ3) is 4.44. The van der Waals surface area contributed by atoms with Gasteiger partial charge in [-0.05, 0) is 72.8 Å². The van der Waals surface area contributed by atoms with Crippen LogP contribution in [0, 0.1) is 0 Å². The van der Waals surface area contributed by atoms with Crippen molar-refractivity contribution in [1.29, 1.82) is 0 Å². The normalized spacial score (nSPS) is 11.7. The van der Waals surface area contributed by atoms with Crippen molar-refractivity contribution in [1.82, 2.24) is 9.97 Å². The molecule has 2 heterocycles. The minimum atomic E-state index is 0.663. The van der Waals surface area contributed by atoms with E-state index in [1.165, 1.54) is 32.3 Å². The monoisotopic (exact) mass is 624 g/mol. The van der Waals surface area contributed by atoms with Crippen molar-refractivity contribution in [2.24, 2.45) is 0 Å². The summed E-state index contributed by atoms with van der Waals surface area (Å²) in [5.41, 5.74) is 9.50. The summed E-state index contributed by atoms with van der Waals surface area (Å²) in [6, 6.07) is 59.7. The van der Waals surface area contributed by atoms with Crippen LogP contribution in [0.3, 0.4) is 0 Å².